The Labute approximate surface area is 193 Å². The van der Waals surface area contributed by atoms with Gasteiger partial charge in [0.05, 0.1) is 19.8 Å². The summed E-state index contributed by atoms with van der Waals surface area (Å²) < 4.78 is 12.1. The monoisotopic (exact) mass is 470 g/mol. The Balaban J connectivity index is 1.52. The summed E-state index contributed by atoms with van der Waals surface area (Å²) in [5.41, 5.74) is 0. The molecule has 0 unspecified atom stereocenters. The predicted octanol–water partition coefficient (Wildman–Crippen LogP) is 9.38. The summed E-state index contributed by atoms with van der Waals surface area (Å²) in [4.78, 5) is 1.96. The third kappa shape index (κ3) is 5.27. The summed E-state index contributed by atoms with van der Waals surface area (Å²) >= 11 is 12.5. The molecule has 0 saturated heterocycles. The fourth-order valence-electron chi connectivity index (χ4n) is 2.59. The minimum Gasteiger partial charge on any atom is -0.455 e. The fraction of sp³-hybridized carbons (Fsp3) is 0. The maximum Gasteiger partial charge on any atom is 0.146 e. The molecule has 6 heteroatoms. The van der Waals surface area contributed by atoms with Crippen molar-refractivity contribution in [3.8, 4) is 23.0 Å². The van der Waals surface area contributed by atoms with Crippen molar-refractivity contribution >= 4 is 44.8 Å². The van der Waals surface area contributed by atoms with Crippen molar-refractivity contribution in [3.63, 3.8) is 0 Å². The van der Waals surface area contributed by atoms with Crippen molar-refractivity contribution in [2.24, 2.45) is 0 Å². The fourth-order valence-corrected chi connectivity index (χ4v) is 5.13. The van der Waals surface area contributed by atoms with E-state index in [9.17, 15) is 0 Å². The van der Waals surface area contributed by atoms with Crippen LogP contribution < -0.4 is 9.47 Å². The van der Waals surface area contributed by atoms with Crippen molar-refractivity contribution in [1.29, 1.82) is 0 Å². The van der Waals surface area contributed by atoms with Gasteiger partial charge in [0.15, 0.2) is 0 Å². The van der Waals surface area contributed by atoms with E-state index in [0.717, 1.165) is 21.3 Å². The lowest BCUT2D eigenvalue weighted by atomic mass is 10.3. The number of ether oxygens (including phenoxy) is 2. The van der Waals surface area contributed by atoms with Crippen molar-refractivity contribution < 1.29 is 9.47 Å². The topological polar surface area (TPSA) is 18.5 Å². The van der Waals surface area contributed by atoms with Crippen LogP contribution in [0.3, 0.4) is 0 Å². The van der Waals surface area contributed by atoms with Gasteiger partial charge in [0.2, 0.25) is 0 Å². The van der Waals surface area contributed by atoms with E-state index in [1.54, 1.807) is 21.6 Å². The number of rotatable bonds is 7. The Morgan fingerprint density at radius 2 is 0.767 bits per heavy atom. The van der Waals surface area contributed by atoms with E-state index < -0.39 is 0 Å². The molecule has 4 rings (SSSR count). The van der Waals surface area contributed by atoms with E-state index in [2.05, 4.69) is 0 Å². The van der Waals surface area contributed by atoms with Crippen molar-refractivity contribution in [2.45, 2.75) is 9.79 Å². The van der Waals surface area contributed by atoms with Crippen molar-refractivity contribution in [2.75, 3.05) is 0 Å². The molecular formula is C24H16Cl2O2S2. The van der Waals surface area contributed by atoms with Gasteiger partial charge in [0.25, 0.3) is 0 Å². The summed E-state index contributed by atoms with van der Waals surface area (Å²) in [6.07, 6.45) is 0. The third-order valence-corrected chi connectivity index (χ3v) is 7.10. The van der Waals surface area contributed by atoms with Crippen LogP contribution in [0.15, 0.2) is 107 Å². The van der Waals surface area contributed by atoms with Gasteiger partial charge >= 0.3 is 0 Å². The highest BCUT2D eigenvalue weighted by Gasteiger charge is 2.12. The van der Waals surface area contributed by atoms with E-state index in [4.69, 9.17) is 32.7 Å². The average molecular weight is 471 g/mol. The second kappa shape index (κ2) is 10.2. The summed E-state index contributed by atoms with van der Waals surface area (Å²) in [6.45, 7) is 0. The molecule has 0 fully saturated rings. The molecule has 150 valence electrons. The van der Waals surface area contributed by atoms with Crippen LogP contribution in [-0.2, 0) is 0 Å². The Morgan fingerprint density at radius 3 is 1.17 bits per heavy atom. The van der Waals surface area contributed by atoms with E-state index in [1.807, 2.05) is 97.1 Å². The van der Waals surface area contributed by atoms with Crippen molar-refractivity contribution in [3.05, 3.63) is 107 Å². The quantitative estimate of drug-likeness (QED) is 0.250. The van der Waals surface area contributed by atoms with Gasteiger partial charge in [-0.15, -0.1) is 0 Å². The van der Waals surface area contributed by atoms with Crippen LogP contribution in [0.4, 0.5) is 0 Å². The summed E-state index contributed by atoms with van der Waals surface area (Å²) in [5.74, 6) is 2.74. The number of benzene rings is 4. The van der Waals surface area contributed by atoms with Crippen LogP contribution in [0.2, 0.25) is 10.0 Å². The van der Waals surface area contributed by atoms with Crippen LogP contribution in [0, 0.1) is 0 Å². The number of para-hydroxylation sites is 4. The molecule has 0 aliphatic carbocycles. The predicted molar refractivity (Wildman–Crippen MR) is 128 cm³/mol. The first-order valence-electron chi connectivity index (χ1n) is 9.08. The second-order valence-corrected chi connectivity index (χ2v) is 9.15. The molecule has 30 heavy (non-hydrogen) atoms. The van der Waals surface area contributed by atoms with Gasteiger partial charge in [-0.2, -0.15) is 0 Å². The summed E-state index contributed by atoms with van der Waals surface area (Å²) in [5, 5.41) is 1.15. The third-order valence-electron chi connectivity index (χ3n) is 4.03. The zero-order valence-corrected chi connectivity index (χ0v) is 18.8. The molecule has 0 radical (unpaired) electrons. The highest BCUT2D eigenvalue weighted by Crippen LogP contribution is 2.47. The molecule has 4 aromatic rings. The number of halogens is 2. The zero-order valence-electron chi connectivity index (χ0n) is 15.6. The summed E-state index contributed by atoms with van der Waals surface area (Å²) in [6, 6.07) is 30.6. The maximum atomic E-state index is 6.25. The van der Waals surface area contributed by atoms with Crippen LogP contribution in [-0.4, -0.2) is 0 Å². The largest absolute Gasteiger partial charge is 0.455 e. The molecule has 0 amide bonds. The normalized spacial score (nSPS) is 10.6. The molecule has 4 aromatic carbocycles. The molecule has 0 saturated carbocycles. The lowest BCUT2D eigenvalue weighted by Crippen LogP contribution is -1.88. The zero-order chi connectivity index (χ0) is 20.8. The lowest BCUT2D eigenvalue weighted by molar-refractivity contribution is 0.471. The standard InChI is InChI=1S/C24H16Cl2O2S2/c25-17-9-1-3-11-19(17)27-21-13-5-7-15-23(21)29-30-24-16-8-6-14-22(24)28-20-12-4-2-10-18(20)26/h1-16H. The highest BCUT2D eigenvalue weighted by atomic mass is 35.5. The highest BCUT2D eigenvalue weighted by molar-refractivity contribution is 8.76. The second-order valence-electron chi connectivity index (χ2n) is 6.13. The van der Waals surface area contributed by atoms with Crippen LogP contribution in [0.5, 0.6) is 23.0 Å². The van der Waals surface area contributed by atoms with Gasteiger partial charge in [-0.05, 0) is 70.1 Å². The molecule has 0 aromatic heterocycles. The van der Waals surface area contributed by atoms with Gasteiger partial charge < -0.3 is 9.47 Å². The molecular weight excluding hydrogens is 455 g/mol. The molecule has 0 bridgehead atoms. The number of hydrogen-bond acceptors (Lipinski definition) is 4. The minimum absolute atomic E-state index is 0.573. The first kappa shape index (κ1) is 21.0. The Kier molecular flexibility index (Phi) is 7.13. The molecule has 0 aliphatic rings. The van der Waals surface area contributed by atoms with Gasteiger partial charge in [0, 0.05) is 0 Å². The van der Waals surface area contributed by atoms with E-state index >= 15 is 0 Å². The molecule has 0 spiro atoms. The Morgan fingerprint density at radius 1 is 0.433 bits per heavy atom. The van der Waals surface area contributed by atoms with E-state index in [0.29, 0.717) is 21.5 Å². The minimum atomic E-state index is 0.573. The molecule has 0 aliphatic heterocycles. The van der Waals surface area contributed by atoms with Gasteiger partial charge in [0.1, 0.15) is 23.0 Å². The molecule has 0 heterocycles. The first-order chi connectivity index (χ1) is 14.7. The molecule has 0 N–H and O–H groups in total. The lowest BCUT2D eigenvalue weighted by Gasteiger charge is -2.13. The molecule has 0 atom stereocenters. The van der Waals surface area contributed by atoms with E-state index in [1.165, 1.54) is 0 Å². The Bertz CT molecular complexity index is 1060. The first-order valence-corrected chi connectivity index (χ1v) is 12.0. The van der Waals surface area contributed by atoms with Crippen molar-refractivity contribution in [1.82, 2.24) is 0 Å². The Hall–Kier alpha value is -2.24. The average Bonchev–Trinajstić information content (AvgIpc) is 2.77. The van der Waals surface area contributed by atoms with Gasteiger partial charge in [-0.25, -0.2) is 0 Å². The van der Waals surface area contributed by atoms with E-state index in [-0.39, 0.29) is 0 Å². The summed E-state index contributed by atoms with van der Waals surface area (Å²) in [7, 11) is 3.18. The molecule has 2 nitrogen and oxygen atoms in total. The van der Waals surface area contributed by atoms with Gasteiger partial charge in [-0.1, -0.05) is 71.7 Å². The number of hydrogen-bond donors (Lipinski definition) is 0. The SMILES string of the molecule is Clc1ccccc1Oc1ccccc1SSc1ccccc1Oc1ccccc1Cl. The maximum absolute atomic E-state index is 6.25. The van der Waals surface area contributed by atoms with Crippen LogP contribution in [0.25, 0.3) is 0 Å². The van der Waals surface area contributed by atoms with Crippen LogP contribution in [0.1, 0.15) is 0 Å². The smallest absolute Gasteiger partial charge is 0.146 e. The van der Waals surface area contributed by atoms with Gasteiger partial charge in [-0.3, -0.25) is 0 Å². The van der Waals surface area contributed by atoms with Crippen LogP contribution >= 0.6 is 44.8 Å².